The molecule has 1 aromatic rings. The number of hydrogen-bond acceptors (Lipinski definition) is 2. The van der Waals surface area contributed by atoms with Crippen molar-refractivity contribution in [3.05, 3.63) is 29.8 Å². The minimum atomic E-state index is 0.547. The molecule has 0 spiro atoms. The molecule has 84 valence electrons. The summed E-state index contributed by atoms with van der Waals surface area (Å²) in [6.45, 7) is 9.33. The van der Waals surface area contributed by atoms with Crippen LogP contribution in [0.5, 0.6) is 0 Å². The van der Waals surface area contributed by atoms with Crippen molar-refractivity contribution >= 4 is 5.69 Å². The molecule has 1 rings (SSSR count). The van der Waals surface area contributed by atoms with Crippen LogP contribution in [-0.4, -0.2) is 19.6 Å². The molecule has 0 aliphatic rings. The lowest BCUT2D eigenvalue weighted by Gasteiger charge is -2.26. The maximum absolute atomic E-state index is 5.66. The summed E-state index contributed by atoms with van der Waals surface area (Å²) in [6, 6.07) is 8.64. The molecule has 1 aromatic carbocycles. The summed E-state index contributed by atoms with van der Waals surface area (Å²) >= 11 is 0. The highest BCUT2D eigenvalue weighted by molar-refractivity contribution is 5.48. The van der Waals surface area contributed by atoms with Gasteiger partial charge in [0.2, 0.25) is 0 Å². The highest BCUT2D eigenvalue weighted by atomic mass is 15.1. The van der Waals surface area contributed by atoms with Crippen LogP contribution in [-0.2, 0) is 0 Å². The summed E-state index contributed by atoms with van der Waals surface area (Å²) in [4.78, 5) is 2.38. The van der Waals surface area contributed by atoms with Gasteiger partial charge in [0.15, 0.2) is 0 Å². The van der Waals surface area contributed by atoms with Crippen molar-refractivity contribution in [3.8, 4) is 0 Å². The maximum Gasteiger partial charge on any atom is 0.0368 e. The van der Waals surface area contributed by atoms with Crippen LogP contribution in [0.25, 0.3) is 0 Å². The monoisotopic (exact) mass is 206 g/mol. The van der Waals surface area contributed by atoms with Crippen LogP contribution >= 0.6 is 0 Å². The third-order valence-electron chi connectivity index (χ3n) is 2.68. The van der Waals surface area contributed by atoms with Gasteiger partial charge in [-0.15, -0.1) is 0 Å². The van der Waals surface area contributed by atoms with Gasteiger partial charge in [-0.2, -0.15) is 0 Å². The van der Waals surface area contributed by atoms with E-state index >= 15 is 0 Å². The number of rotatable bonds is 5. The first-order valence-electron chi connectivity index (χ1n) is 5.69. The van der Waals surface area contributed by atoms with E-state index < -0.39 is 0 Å². The number of nitrogens with zero attached hydrogens (tertiary/aromatic N) is 1. The predicted octanol–water partition coefficient (Wildman–Crippen LogP) is 2.42. The minimum Gasteiger partial charge on any atom is -0.371 e. The molecule has 15 heavy (non-hydrogen) atoms. The number of aryl methyl sites for hydroxylation is 1. The van der Waals surface area contributed by atoms with Gasteiger partial charge in [-0.1, -0.05) is 19.1 Å². The van der Waals surface area contributed by atoms with E-state index in [0.717, 1.165) is 19.6 Å². The molecule has 1 unspecified atom stereocenters. The van der Waals surface area contributed by atoms with Crippen molar-refractivity contribution < 1.29 is 0 Å². The van der Waals surface area contributed by atoms with Gasteiger partial charge >= 0.3 is 0 Å². The first kappa shape index (κ1) is 12.1. The van der Waals surface area contributed by atoms with Crippen molar-refractivity contribution in [2.75, 3.05) is 24.5 Å². The first-order valence-corrected chi connectivity index (χ1v) is 5.69. The van der Waals surface area contributed by atoms with E-state index in [0.29, 0.717) is 5.92 Å². The smallest absolute Gasteiger partial charge is 0.0368 e. The Labute approximate surface area is 93.1 Å². The zero-order chi connectivity index (χ0) is 11.3. The molecule has 0 amide bonds. The molecule has 2 N–H and O–H groups in total. The normalized spacial score (nSPS) is 12.5. The van der Waals surface area contributed by atoms with Gasteiger partial charge in [-0.25, -0.2) is 0 Å². The predicted molar refractivity (Wildman–Crippen MR) is 67.3 cm³/mol. The van der Waals surface area contributed by atoms with Gasteiger partial charge in [0.25, 0.3) is 0 Å². The molecule has 1 atom stereocenters. The highest BCUT2D eigenvalue weighted by Gasteiger charge is 2.07. The Hall–Kier alpha value is -1.02. The molecule has 0 aliphatic heterocycles. The van der Waals surface area contributed by atoms with Crippen LogP contribution < -0.4 is 10.6 Å². The Bertz CT molecular complexity index is 296. The largest absolute Gasteiger partial charge is 0.371 e. The fraction of sp³-hybridized carbons (Fsp3) is 0.538. The van der Waals surface area contributed by atoms with E-state index in [1.165, 1.54) is 11.3 Å². The van der Waals surface area contributed by atoms with E-state index in [1.807, 2.05) is 0 Å². The van der Waals surface area contributed by atoms with Gasteiger partial charge in [0.05, 0.1) is 0 Å². The molecule has 0 saturated carbocycles. The quantitative estimate of drug-likeness (QED) is 0.801. The van der Waals surface area contributed by atoms with Crippen LogP contribution in [0.3, 0.4) is 0 Å². The molecule has 2 heteroatoms. The van der Waals surface area contributed by atoms with E-state index in [1.54, 1.807) is 0 Å². The van der Waals surface area contributed by atoms with E-state index in [-0.39, 0.29) is 0 Å². The molecule has 0 bridgehead atoms. The lowest BCUT2D eigenvalue weighted by molar-refractivity contribution is 0.576. The van der Waals surface area contributed by atoms with Gasteiger partial charge < -0.3 is 10.6 Å². The molecule has 0 aliphatic carbocycles. The number of benzene rings is 1. The molecule has 0 radical (unpaired) electrons. The zero-order valence-corrected chi connectivity index (χ0v) is 10.0. The Balaban J connectivity index is 2.73. The van der Waals surface area contributed by atoms with Crippen molar-refractivity contribution in [2.45, 2.75) is 20.8 Å². The molecular formula is C13H22N2. The standard InChI is InChI=1S/C13H22N2/c1-4-15(10-12(3)9-14)13-7-5-6-11(2)8-13/h5-8,12H,4,9-10,14H2,1-3H3. The first-order chi connectivity index (χ1) is 7.17. The zero-order valence-electron chi connectivity index (χ0n) is 10.0. The van der Waals surface area contributed by atoms with Gasteiger partial charge in [-0.3, -0.25) is 0 Å². The fourth-order valence-electron chi connectivity index (χ4n) is 1.69. The average Bonchev–Trinajstić information content (AvgIpc) is 2.25. The van der Waals surface area contributed by atoms with Gasteiger partial charge in [0.1, 0.15) is 0 Å². The third-order valence-corrected chi connectivity index (χ3v) is 2.68. The van der Waals surface area contributed by atoms with Crippen LogP contribution in [0.1, 0.15) is 19.4 Å². The molecule has 2 nitrogen and oxygen atoms in total. The van der Waals surface area contributed by atoms with Crippen LogP contribution in [0, 0.1) is 12.8 Å². The molecule has 0 saturated heterocycles. The Morgan fingerprint density at radius 3 is 2.67 bits per heavy atom. The summed E-state index contributed by atoms with van der Waals surface area (Å²) in [6.07, 6.45) is 0. The number of anilines is 1. The molecule has 0 heterocycles. The third kappa shape index (κ3) is 3.56. The van der Waals surface area contributed by atoms with Crippen molar-refractivity contribution in [3.63, 3.8) is 0 Å². The number of hydrogen-bond donors (Lipinski definition) is 1. The summed E-state index contributed by atoms with van der Waals surface area (Å²) in [5, 5.41) is 0. The molecule has 0 fully saturated rings. The van der Waals surface area contributed by atoms with Crippen molar-refractivity contribution in [1.82, 2.24) is 0 Å². The molecule has 0 aromatic heterocycles. The summed E-state index contributed by atoms with van der Waals surface area (Å²) in [5.74, 6) is 0.547. The van der Waals surface area contributed by atoms with Crippen LogP contribution in [0.15, 0.2) is 24.3 Å². The lowest BCUT2D eigenvalue weighted by Crippen LogP contribution is -2.31. The SMILES string of the molecule is CCN(CC(C)CN)c1cccc(C)c1. The second kappa shape index (κ2) is 5.76. The fourth-order valence-corrected chi connectivity index (χ4v) is 1.69. The van der Waals surface area contributed by atoms with Crippen LogP contribution in [0.4, 0.5) is 5.69 Å². The van der Waals surface area contributed by atoms with Gasteiger partial charge in [0, 0.05) is 18.8 Å². The average molecular weight is 206 g/mol. The minimum absolute atomic E-state index is 0.547. The summed E-state index contributed by atoms with van der Waals surface area (Å²) in [5.41, 5.74) is 8.27. The highest BCUT2D eigenvalue weighted by Crippen LogP contribution is 2.16. The summed E-state index contributed by atoms with van der Waals surface area (Å²) < 4.78 is 0. The van der Waals surface area contributed by atoms with E-state index in [9.17, 15) is 0 Å². The lowest BCUT2D eigenvalue weighted by atomic mass is 10.1. The second-order valence-electron chi connectivity index (χ2n) is 4.22. The van der Waals surface area contributed by atoms with E-state index in [2.05, 4.69) is 49.9 Å². The van der Waals surface area contributed by atoms with Crippen LogP contribution in [0.2, 0.25) is 0 Å². The Kier molecular flexibility index (Phi) is 4.63. The maximum atomic E-state index is 5.66. The summed E-state index contributed by atoms with van der Waals surface area (Å²) in [7, 11) is 0. The Morgan fingerprint density at radius 2 is 2.13 bits per heavy atom. The number of nitrogens with two attached hydrogens (primary N) is 1. The van der Waals surface area contributed by atoms with Crippen molar-refractivity contribution in [2.24, 2.45) is 11.7 Å². The second-order valence-corrected chi connectivity index (χ2v) is 4.22. The van der Waals surface area contributed by atoms with Crippen molar-refractivity contribution in [1.29, 1.82) is 0 Å². The topological polar surface area (TPSA) is 29.3 Å². The Morgan fingerprint density at radius 1 is 1.40 bits per heavy atom. The molecular weight excluding hydrogens is 184 g/mol. The van der Waals surface area contributed by atoms with Gasteiger partial charge in [-0.05, 0) is 44.0 Å². The van der Waals surface area contributed by atoms with E-state index in [4.69, 9.17) is 5.73 Å².